The SMILES string of the molecule is O=C(/C=C(\O)C(=O)O)CC(=O)c1ccccc1OCc1ccccc1. The Morgan fingerprint density at radius 1 is 0.920 bits per heavy atom. The zero-order valence-corrected chi connectivity index (χ0v) is 13.2. The summed E-state index contributed by atoms with van der Waals surface area (Å²) in [6, 6.07) is 15.9. The lowest BCUT2D eigenvalue weighted by Gasteiger charge is -2.10. The highest BCUT2D eigenvalue weighted by Gasteiger charge is 2.16. The summed E-state index contributed by atoms with van der Waals surface area (Å²) in [4.78, 5) is 34.4. The van der Waals surface area contributed by atoms with Crippen molar-refractivity contribution in [3.8, 4) is 5.75 Å². The van der Waals surface area contributed by atoms with Crippen LogP contribution >= 0.6 is 0 Å². The van der Waals surface area contributed by atoms with Crippen LogP contribution in [-0.4, -0.2) is 27.7 Å². The van der Waals surface area contributed by atoms with Crippen molar-refractivity contribution in [3.63, 3.8) is 0 Å². The van der Waals surface area contributed by atoms with Crippen molar-refractivity contribution in [2.24, 2.45) is 0 Å². The normalized spacial score (nSPS) is 11.0. The monoisotopic (exact) mass is 340 g/mol. The van der Waals surface area contributed by atoms with E-state index in [0.717, 1.165) is 5.56 Å². The quantitative estimate of drug-likeness (QED) is 0.332. The van der Waals surface area contributed by atoms with Crippen LogP contribution in [0.4, 0.5) is 0 Å². The Morgan fingerprint density at radius 3 is 2.24 bits per heavy atom. The van der Waals surface area contributed by atoms with Gasteiger partial charge in [0.2, 0.25) is 5.76 Å². The van der Waals surface area contributed by atoms with Gasteiger partial charge < -0.3 is 14.9 Å². The Hall–Kier alpha value is -3.41. The van der Waals surface area contributed by atoms with Crippen LogP contribution in [0.1, 0.15) is 22.3 Å². The molecule has 2 aromatic rings. The first kappa shape index (κ1) is 17.9. The molecule has 0 bridgehead atoms. The molecule has 2 aromatic carbocycles. The topological polar surface area (TPSA) is 101 Å². The van der Waals surface area contributed by atoms with Gasteiger partial charge in [0.15, 0.2) is 11.6 Å². The number of ketones is 2. The molecule has 6 heteroatoms. The second kappa shape index (κ2) is 8.44. The fourth-order valence-electron chi connectivity index (χ4n) is 2.08. The maximum Gasteiger partial charge on any atom is 0.371 e. The Balaban J connectivity index is 2.08. The van der Waals surface area contributed by atoms with E-state index in [0.29, 0.717) is 11.8 Å². The molecule has 0 atom stereocenters. The molecule has 0 saturated heterocycles. The van der Waals surface area contributed by atoms with E-state index in [-0.39, 0.29) is 12.2 Å². The van der Waals surface area contributed by atoms with Gasteiger partial charge in [-0.15, -0.1) is 0 Å². The predicted octanol–water partition coefficient (Wildman–Crippen LogP) is 2.93. The molecule has 0 spiro atoms. The molecule has 0 unspecified atom stereocenters. The summed E-state index contributed by atoms with van der Waals surface area (Å²) in [7, 11) is 0. The molecule has 6 nitrogen and oxygen atoms in total. The number of aliphatic carboxylic acids is 1. The average Bonchev–Trinajstić information content (AvgIpc) is 2.60. The number of ether oxygens (including phenoxy) is 1. The molecule has 0 fully saturated rings. The molecular weight excluding hydrogens is 324 g/mol. The van der Waals surface area contributed by atoms with Crippen molar-refractivity contribution < 1.29 is 29.3 Å². The van der Waals surface area contributed by atoms with Crippen LogP contribution < -0.4 is 4.74 Å². The molecule has 0 saturated carbocycles. The number of allylic oxidation sites excluding steroid dienone is 1. The number of rotatable bonds is 8. The highest BCUT2D eigenvalue weighted by atomic mass is 16.5. The minimum absolute atomic E-state index is 0.218. The maximum absolute atomic E-state index is 12.3. The summed E-state index contributed by atoms with van der Waals surface area (Å²) in [5.74, 6) is -3.74. The van der Waals surface area contributed by atoms with Gasteiger partial charge in [-0.2, -0.15) is 0 Å². The highest BCUT2D eigenvalue weighted by Crippen LogP contribution is 2.21. The van der Waals surface area contributed by atoms with Crippen molar-refractivity contribution in [2.75, 3.05) is 0 Å². The minimum atomic E-state index is -1.63. The Kier molecular flexibility index (Phi) is 6.06. The first-order chi connectivity index (χ1) is 12.0. The number of hydrogen-bond acceptors (Lipinski definition) is 5. The zero-order valence-electron chi connectivity index (χ0n) is 13.2. The first-order valence-electron chi connectivity index (χ1n) is 7.43. The number of carbonyl (C=O) groups is 3. The van der Waals surface area contributed by atoms with Crippen LogP contribution in [0.15, 0.2) is 66.4 Å². The summed E-state index contributed by atoms with van der Waals surface area (Å²) in [5, 5.41) is 17.6. The molecule has 2 N–H and O–H groups in total. The van der Waals surface area contributed by atoms with Crippen molar-refractivity contribution in [1.82, 2.24) is 0 Å². The number of benzene rings is 2. The van der Waals surface area contributed by atoms with Gasteiger partial charge in [-0.25, -0.2) is 4.79 Å². The van der Waals surface area contributed by atoms with E-state index in [4.69, 9.17) is 14.9 Å². The smallest absolute Gasteiger partial charge is 0.371 e. The standard InChI is InChI=1S/C19H16O6/c20-14(11-17(22)19(23)24)10-16(21)15-8-4-5-9-18(15)25-12-13-6-2-1-3-7-13/h1-9,11,22H,10,12H2,(H,23,24)/b17-11-. The van der Waals surface area contributed by atoms with E-state index in [1.165, 1.54) is 6.07 Å². The van der Waals surface area contributed by atoms with Gasteiger partial charge >= 0.3 is 5.97 Å². The largest absolute Gasteiger partial charge is 0.502 e. The third kappa shape index (κ3) is 5.31. The Labute approximate surface area is 144 Å². The number of hydrogen-bond donors (Lipinski definition) is 2. The summed E-state index contributed by atoms with van der Waals surface area (Å²) in [6.07, 6.45) is -0.0449. The van der Waals surface area contributed by atoms with Gasteiger partial charge in [-0.3, -0.25) is 9.59 Å². The van der Waals surface area contributed by atoms with Crippen LogP contribution in [0.3, 0.4) is 0 Å². The Morgan fingerprint density at radius 2 is 1.56 bits per heavy atom. The van der Waals surface area contributed by atoms with Gasteiger partial charge in [-0.1, -0.05) is 42.5 Å². The molecule has 0 aliphatic carbocycles. The highest BCUT2D eigenvalue weighted by molar-refractivity contribution is 6.13. The van der Waals surface area contributed by atoms with E-state index in [9.17, 15) is 14.4 Å². The number of carboxylic acid groups (broad SMARTS) is 1. The lowest BCUT2D eigenvalue weighted by molar-refractivity contribution is -0.135. The van der Waals surface area contributed by atoms with Gasteiger partial charge in [0.1, 0.15) is 12.4 Å². The predicted molar refractivity (Wildman–Crippen MR) is 89.5 cm³/mol. The van der Waals surface area contributed by atoms with Crippen molar-refractivity contribution in [2.45, 2.75) is 13.0 Å². The molecule has 0 aliphatic heterocycles. The molecule has 0 radical (unpaired) electrons. The fourth-order valence-corrected chi connectivity index (χ4v) is 2.08. The minimum Gasteiger partial charge on any atom is -0.502 e. The maximum atomic E-state index is 12.3. The first-order valence-corrected chi connectivity index (χ1v) is 7.43. The average molecular weight is 340 g/mol. The van der Waals surface area contributed by atoms with E-state index in [1.54, 1.807) is 18.2 Å². The summed E-state index contributed by atoms with van der Waals surface area (Å²) < 4.78 is 5.65. The van der Waals surface area contributed by atoms with Crippen LogP contribution in [0.2, 0.25) is 0 Å². The fraction of sp³-hybridized carbons (Fsp3) is 0.105. The second-order valence-corrected chi connectivity index (χ2v) is 5.17. The summed E-state index contributed by atoms with van der Waals surface area (Å²) in [6.45, 7) is 0.263. The third-order valence-corrected chi connectivity index (χ3v) is 3.28. The lowest BCUT2D eigenvalue weighted by atomic mass is 10.0. The van der Waals surface area contributed by atoms with Gasteiger partial charge in [0.25, 0.3) is 0 Å². The van der Waals surface area contributed by atoms with Crippen molar-refractivity contribution >= 4 is 17.5 Å². The van der Waals surface area contributed by atoms with Gasteiger partial charge in [0.05, 0.1) is 12.0 Å². The van der Waals surface area contributed by atoms with E-state index < -0.39 is 29.7 Å². The van der Waals surface area contributed by atoms with E-state index in [1.807, 2.05) is 30.3 Å². The zero-order chi connectivity index (χ0) is 18.2. The van der Waals surface area contributed by atoms with Crippen molar-refractivity contribution in [1.29, 1.82) is 0 Å². The van der Waals surface area contributed by atoms with Crippen LogP contribution in [0.25, 0.3) is 0 Å². The number of aliphatic hydroxyl groups excluding tert-OH is 1. The molecule has 0 heterocycles. The third-order valence-electron chi connectivity index (χ3n) is 3.28. The Bertz CT molecular complexity index is 808. The molecular formula is C19H16O6. The number of carbonyl (C=O) groups excluding carboxylic acids is 2. The molecule has 0 aromatic heterocycles. The van der Waals surface area contributed by atoms with E-state index in [2.05, 4.69) is 0 Å². The number of aliphatic hydroxyl groups is 1. The molecule has 2 rings (SSSR count). The van der Waals surface area contributed by atoms with Crippen molar-refractivity contribution in [3.05, 3.63) is 77.6 Å². The summed E-state index contributed by atoms with van der Waals surface area (Å²) in [5.41, 5.74) is 1.14. The van der Waals surface area contributed by atoms with Crippen LogP contribution in [0, 0.1) is 0 Å². The summed E-state index contributed by atoms with van der Waals surface area (Å²) >= 11 is 0. The molecule has 0 aliphatic rings. The number of carboxylic acids is 1. The second-order valence-electron chi connectivity index (χ2n) is 5.17. The van der Waals surface area contributed by atoms with E-state index >= 15 is 0 Å². The van der Waals surface area contributed by atoms with Crippen LogP contribution in [-0.2, 0) is 16.2 Å². The number of Topliss-reactive ketones (excluding diaryl/α,β-unsaturated/α-hetero) is 1. The van der Waals surface area contributed by atoms with Gasteiger partial charge in [0, 0.05) is 6.08 Å². The van der Waals surface area contributed by atoms with Gasteiger partial charge in [-0.05, 0) is 17.7 Å². The van der Waals surface area contributed by atoms with Crippen LogP contribution in [0.5, 0.6) is 5.75 Å². The number of para-hydroxylation sites is 1. The molecule has 25 heavy (non-hydrogen) atoms. The molecule has 128 valence electrons. The lowest BCUT2D eigenvalue weighted by Crippen LogP contribution is -2.10. The molecule has 0 amide bonds.